The Bertz CT molecular complexity index is 949. The van der Waals surface area contributed by atoms with Crippen molar-refractivity contribution in [2.75, 3.05) is 0 Å². The smallest absolute Gasteiger partial charge is 0.194 e. The summed E-state index contributed by atoms with van der Waals surface area (Å²) < 4.78 is 2.09. The lowest BCUT2D eigenvalue weighted by atomic mass is 10.0. The summed E-state index contributed by atoms with van der Waals surface area (Å²) in [5.74, 6) is 0. The summed E-state index contributed by atoms with van der Waals surface area (Å²) in [6.07, 6.45) is 5.19. The molecular weight excluding hydrogens is 276 g/mol. The fourth-order valence-electron chi connectivity index (χ4n) is 3.17. The van der Waals surface area contributed by atoms with Crippen LogP contribution >= 0.6 is 11.3 Å². The fourth-order valence-corrected chi connectivity index (χ4v) is 3.87. The molecule has 0 N–H and O–H groups in total. The minimum absolute atomic E-state index is 1.03. The molecule has 0 aliphatic heterocycles. The lowest BCUT2D eigenvalue weighted by Crippen LogP contribution is -1.83. The van der Waals surface area contributed by atoms with Gasteiger partial charge in [0.05, 0.1) is 5.69 Å². The molecule has 0 amide bonds. The molecule has 4 aromatic rings. The molecule has 0 atom stereocenters. The van der Waals surface area contributed by atoms with Gasteiger partial charge in [0.1, 0.15) is 0 Å². The molecule has 0 saturated carbocycles. The van der Waals surface area contributed by atoms with Crippen molar-refractivity contribution in [3.05, 3.63) is 71.4 Å². The molecule has 2 aromatic heterocycles. The van der Waals surface area contributed by atoms with Crippen LogP contribution in [0.2, 0.25) is 0 Å². The van der Waals surface area contributed by atoms with E-state index in [-0.39, 0.29) is 0 Å². The number of hydrogen-bond acceptors (Lipinski definition) is 2. The average Bonchev–Trinajstić information content (AvgIpc) is 3.18. The Morgan fingerprint density at radius 1 is 1.00 bits per heavy atom. The van der Waals surface area contributed by atoms with Gasteiger partial charge in [-0.05, 0) is 34.7 Å². The third-order valence-corrected chi connectivity index (χ3v) is 4.95. The molecule has 2 heterocycles. The molecule has 21 heavy (non-hydrogen) atoms. The van der Waals surface area contributed by atoms with Crippen molar-refractivity contribution in [2.45, 2.75) is 6.42 Å². The maximum atomic E-state index is 4.70. The molecule has 3 heteroatoms. The van der Waals surface area contributed by atoms with E-state index < -0.39 is 0 Å². The Morgan fingerprint density at radius 2 is 1.90 bits per heavy atom. The van der Waals surface area contributed by atoms with E-state index >= 15 is 0 Å². The van der Waals surface area contributed by atoms with Gasteiger partial charge in [0, 0.05) is 23.3 Å². The van der Waals surface area contributed by atoms with Gasteiger partial charge in [-0.25, -0.2) is 4.98 Å². The minimum Gasteiger partial charge on any atom is -0.297 e. The van der Waals surface area contributed by atoms with E-state index in [4.69, 9.17) is 4.98 Å². The summed E-state index contributed by atoms with van der Waals surface area (Å²) in [6, 6.07) is 15.4. The molecule has 100 valence electrons. The molecule has 0 spiro atoms. The maximum Gasteiger partial charge on any atom is 0.194 e. The third-order valence-electron chi connectivity index (χ3n) is 4.18. The van der Waals surface area contributed by atoms with Crippen molar-refractivity contribution >= 4 is 16.3 Å². The lowest BCUT2D eigenvalue weighted by Gasteiger charge is -2.03. The predicted octanol–water partition coefficient (Wildman–Crippen LogP) is 4.63. The first-order valence-electron chi connectivity index (χ1n) is 7.02. The minimum atomic E-state index is 1.03. The second kappa shape index (κ2) is 4.06. The Balaban J connectivity index is 1.65. The molecule has 5 rings (SSSR count). The Morgan fingerprint density at radius 3 is 2.86 bits per heavy atom. The van der Waals surface area contributed by atoms with Crippen LogP contribution in [0.25, 0.3) is 27.3 Å². The van der Waals surface area contributed by atoms with E-state index in [9.17, 15) is 0 Å². The standard InChI is InChI=1S/C18H12N2S/c1-2-4-15-12(3-1)9-14-10-13(5-6-16(14)15)17-11-20-7-8-21-18(20)19-17/h1-8,10-11H,9H2. The van der Waals surface area contributed by atoms with Crippen LogP contribution in [0.15, 0.2) is 60.2 Å². The Kier molecular flexibility index (Phi) is 2.18. The van der Waals surface area contributed by atoms with E-state index in [1.165, 1.54) is 27.8 Å². The van der Waals surface area contributed by atoms with Gasteiger partial charge < -0.3 is 0 Å². The van der Waals surface area contributed by atoms with Crippen molar-refractivity contribution in [3.63, 3.8) is 0 Å². The first-order valence-corrected chi connectivity index (χ1v) is 7.90. The monoisotopic (exact) mass is 288 g/mol. The van der Waals surface area contributed by atoms with Crippen molar-refractivity contribution in [1.29, 1.82) is 0 Å². The molecular formula is C18H12N2S. The SMILES string of the molecule is c1ccc2c(c1)Cc1cc(-c3cn4ccsc4n3)ccc1-2. The second-order valence-corrected chi connectivity index (χ2v) is 6.30. The summed E-state index contributed by atoms with van der Waals surface area (Å²) in [7, 11) is 0. The molecule has 1 aliphatic rings. The number of rotatable bonds is 1. The van der Waals surface area contributed by atoms with Crippen LogP contribution in [0.3, 0.4) is 0 Å². The number of fused-ring (bicyclic) bond motifs is 4. The molecule has 0 radical (unpaired) electrons. The zero-order valence-corrected chi connectivity index (χ0v) is 12.1. The molecule has 2 aromatic carbocycles. The summed E-state index contributed by atoms with van der Waals surface area (Å²) in [4.78, 5) is 5.75. The molecule has 2 nitrogen and oxygen atoms in total. The van der Waals surface area contributed by atoms with Gasteiger partial charge in [-0.2, -0.15) is 0 Å². The van der Waals surface area contributed by atoms with Crippen molar-refractivity contribution in [3.8, 4) is 22.4 Å². The van der Waals surface area contributed by atoms with Crippen LogP contribution in [0.4, 0.5) is 0 Å². The predicted molar refractivity (Wildman–Crippen MR) is 86.7 cm³/mol. The number of hydrogen-bond donors (Lipinski definition) is 0. The van der Waals surface area contributed by atoms with Crippen molar-refractivity contribution in [2.24, 2.45) is 0 Å². The molecule has 1 aliphatic carbocycles. The van der Waals surface area contributed by atoms with Crippen LogP contribution in [0.5, 0.6) is 0 Å². The number of imidazole rings is 1. The average molecular weight is 288 g/mol. The molecule has 0 bridgehead atoms. The highest BCUT2D eigenvalue weighted by molar-refractivity contribution is 7.15. The summed E-state index contributed by atoms with van der Waals surface area (Å²) in [5.41, 5.74) is 7.85. The van der Waals surface area contributed by atoms with Gasteiger partial charge in [-0.3, -0.25) is 4.40 Å². The Labute approximate surface area is 126 Å². The third kappa shape index (κ3) is 1.61. The van der Waals surface area contributed by atoms with E-state index in [1.54, 1.807) is 11.3 Å². The van der Waals surface area contributed by atoms with E-state index in [2.05, 4.69) is 64.6 Å². The highest BCUT2D eigenvalue weighted by atomic mass is 32.1. The number of nitrogens with zero attached hydrogens (tertiary/aromatic N) is 2. The zero-order valence-electron chi connectivity index (χ0n) is 11.3. The van der Waals surface area contributed by atoms with Gasteiger partial charge in [0.2, 0.25) is 0 Å². The molecule has 0 unspecified atom stereocenters. The lowest BCUT2D eigenvalue weighted by molar-refractivity contribution is 1.23. The second-order valence-electron chi connectivity index (χ2n) is 5.42. The van der Waals surface area contributed by atoms with Crippen LogP contribution < -0.4 is 0 Å². The first-order chi connectivity index (χ1) is 10.4. The summed E-state index contributed by atoms with van der Waals surface area (Å²) in [6.45, 7) is 0. The van der Waals surface area contributed by atoms with Gasteiger partial charge >= 0.3 is 0 Å². The zero-order chi connectivity index (χ0) is 13.8. The highest BCUT2D eigenvalue weighted by Gasteiger charge is 2.18. The topological polar surface area (TPSA) is 17.3 Å². The van der Waals surface area contributed by atoms with Gasteiger partial charge in [0.15, 0.2) is 4.96 Å². The van der Waals surface area contributed by atoms with Crippen LogP contribution in [0.1, 0.15) is 11.1 Å². The molecule has 0 fully saturated rings. The highest BCUT2D eigenvalue weighted by Crippen LogP contribution is 2.38. The number of benzene rings is 2. The van der Waals surface area contributed by atoms with Crippen molar-refractivity contribution in [1.82, 2.24) is 9.38 Å². The van der Waals surface area contributed by atoms with E-state index in [1.807, 2.05) is 0 Å². The first kappa shape index (κ1) is 11.3. The van der Waals surface area contributed by atoms with Gasteiger partial charge in [0.25, 0.3) is 0 Å². The van der Waals surface area contributed by atoms with E-state index in [0.29, 0.717) is 0 Å². The van der Waals surface area contributed by atoms with Crippen LogP contribution in [0, 0.1) is 0 Å². The summed E-state index contributed by atoms with van der Waals surface area (Å²) in [5, 5.41) is 2.06. The van der Waals surface area contributed by atoms with Crippen LogP contribution in [-0.4, -0.2) is 9.38 Å². The quantitative estimate of drug-likeness (QED) is 0.439. The summed E-state index contributed by atoms with van der Waals surface area (Å²) >= 11 is 1.67. The number of aromatic nitrogens is 2. The normalized spacial score (nSPS) is 12.6. The maximum absolute atomic E-state index is 4.70. The van der Waals surface area contributed by atoms with E-state index in [0.717, 1.165) is 17.1 Å². The van der Waals surface area contributed by atoms with Crippen molar-refractivity contribution < 1.29 is 0 Å². The Hall–Kier alpha value is -2.39. The fraction of sp³-hybridized carbons (Fsp3) is 0.0556. The number of thiazole rings is 1. The van der Waals surface area contributed by atoms with Gasteiger partial charge in [-0.1, -0.05) is 36.4 Å². The van der Waals surface area contributed by atoms with Crippen LogP contribution in [-0.2, 0) is 6.42 Å². The van der Waals surface area contributed by atoms with Gasteiger partial charge in [-0.15, -0.1) is 11.3 Å². The molecule has 0 saturated heterocycles. The largest absolute Gasteiger partial charge is 0.297 e.